The lowest BCUT2D eigenvalue weighted by Gasteiger charge is -2.15. The van der Waals surface area contributed by atoms with Gasteiger partial charge in [-0.05, 0) is 37.1 Å². The Morgan fingerprint density at radius 3 is 2.43 bits per heavy atom. The smallest absolute Gasteiger partial charge is 0.243 e. The summed E-state index contributed by atoms with van der Waals surface area (Å²) in [4.78, 5) is 17.3. The predicted octanol–water partition coefficient (Wildman–Crippen LogP) is 3.99. The lowest BCUT2D eigenvalue weighted by Crippen LogP contribution is -2.27. The van der Waals surface area contributed by atoms with E-state index in [2.05, 4.69) is 4.98 Å². The van der Waals surface area contributed by atoms with E-state index in [0.29, 0.717) is 18.7 Å². The fourth-order valence-electron chi connectivity index (χ4n) is 3.24. The number of carbonyl (C=O) groups is 1. The molecule has 0 radical (unpaired) electrons. The number of rotatable bonds is 6. The molecule has 0 atom stereocenters. The third-order valence-electron chi connectivity index (χ3n) is 4.80. The lowest BCUT2D eigenvalue weighted by atomic mass is 10.1. The average Bonchev–Trinajstić information content (AvgIpc) is 3.28. The Labute approximate surface area is 168 Å². The van der Waals surface area contributed by atoms with Gasteiger partial charge in [0.25, 0.3) is 0 Å². The summed E-state index contributed by atoms with van der Waals surface area (Å²) < 4.78 is 26.6. The largest absolute Gasteiger partial charge is 0.293 e. The third-order valence-corrected chi connectivity index (χ3v) is 7.65. The number of sulfonamides is 1. The first-order valence-electron chi connectivity index (χ1n) is 9.16. The zero-order valence-electron chi connectivity index (χ0n) is 15.2. The molecule has 5 nitrogen and oxygen atoms in total. The highest BCUT2D eigenvalue weighted by atomic mass is 32.2. The summed E-state index contributed by atoms with van der Waals surface area (Å²) in [7, 11) is -3.45. The molecular weight excluding hydrogens is 392 g/mol. The molecule has 2 heterocycles. The molecule has 0 aliphatic carbocycles. The normalized spacial score (nSPS) is 15.1. The molecule has 1 aromatic heterocycles. The fraction of sp³-hybridized carbons (Fsp3) is 0.238. The summed E-state index contributed by atoms with van der Waals surface area (Å²) in [6.45, 7) is 1.14. The second kappa shape index (κ2) is 8.03. The fourth-order valence-corrected chi connectivity index (χ4v) is 5.53. The van der Waals surface area contributed by atoms with E-state index in [-0.39, 0.29) is 16.4 Å². The minimum Gasteiger partial charge on any atom is -0.293 e. The molecule has 0 saturated carbocycles. The van der Waals surface area contributed by atoms with E-state index in [1.807, 2.05) is 36.4 Å². The Morgan fingerprint density at radius 2 is 1.68 bits per heavy atom. The molecule has 3 aromatic rings. The average molecular weight is 413 g/mol. The van der Waals surface area contributed by atoms with Crippen molar-refractivity contribution in [1.29, 1.82) is 0 Å². The van der Waals surface area contributed by atoms with Crippen LogP contribution < -0.4 is 0 Å². The van der Waals surface area contributed by atoms with Crippen LogP contribution in [0.25, 0.3) is 10.9 Å². The molecule has 0 N–H and O–H groups in total. The second-order valence-electron chi connectivity index (χ2n) is 6.69. The zero-order valence-corrected chi connectivity index (χ0v) is 16.9. The highest BCUT2D eigenvalue weighted by Crippen LogP contribution is 2.23. The van der Waals surface area contributed by atoms with E-state index >= 15 is 0 Å². The van der Waals surface area contributed by atoms with E-state index in [4.69, 9.17) is 0 Å². The number of Topliss-reactive ketones (excluding diaryl/α,β-unsaturated/α-hetero) is 1. The van der Waals surface area contributed by atoms with Gasteiger partial charge in [0.15, 0.2) is 5.78 Å². The minimum absolute atomic E-state index is 0.0509. The standard InChI is InChI=1S/C21H20N2O3S2/c24-20(15-27-21-12-9-16-5-1-2-6-19(16)22-21)17-7-10-18(11-8-17)28(25,26)23-13-3-4-14-23/h1-2,5-12H,3-4,13-15H2. The van der Waals surface area contributed by atoms with Crippen LogP contribution in [0.5, 0.6) is 0 Å². The van der Waals surface area contributed by atoms with Gasteiger partial charge in [0.2, 0.25) is 10.0 Å². The molecule has 0 amide bonds. The summed E-state index contributed by atoms with van der Waals surface area (Å²) in [5, 5.41) is 1.85. The Balaban J connectivity index is 1.43. The first-order chi connectivity index (χ1) is 13.5. The van der Waals surface area contributed by atoms with Gasteiger partial charge >= 0.3 is 0 Å². The molecule has 4 rings (SSSR count). The van der Waals surface area contributed by atoms with Gasteiger partial charge in [-0.25, -0.2) is 13.4 Å². The maximum atomic E-state index is 12.6. The number of pyridine rings is 1. The molecule has 144 valence electrons. The summed E-state index contributed by atoms with van der Waals surface area (Å²) in [5.74, 6) is 0.203. The lowest BCUT2D eigenvalue weighted by molar-refractivity contribution is 0.102. The Kier molecular flexibility index (Phi) is 5.48. The van der Waals surface area contributed by atoms with Gasteiger partial charge in [0, 0.05) is 24.0 Å². The van der Waals surface area contributed by atoms with Gasteiger partial charge < -0.3 is 0 Å². The topological polar surface area (TPSA) is 67.3 Å². The summed E-state index contributed by atoms with van der Waals surface area (Å²) in [5.41, 5.74) is 1.41. The van der Waals surface area contributed by atoms with Crippen molar-refractivity contribution >= 4 is 38.5 Å². The molecule has 0 bridgehead atoms. The first-order valence-corrected chi connectivity index (χ1v) is 11.6. The first kappa shape index (κ1) is 19.1. The number of benzene rings is 2. The summed E-state index contributed by atoms with van der Waals surface area (Å²) in [6, 6.07) is 18.0. The molecule has 1 fully saturated rings. The van der Waals surface area contributed by atoms with Crippen molar-refractivity contribution in [2.75, 3.05) is 18.8 Å². The van der Waals surface area contributed by atoms with Crippen molar-refractivity contribution in [2.45, 2.75) is 22.8 Å². The van der Waals surface area contributed by atoms with Gasteiger partial charge in [-0.15, -0.1) is 0 Å². The molecule has 2 aromatic carbocycles. The number of nitrogens with zero attached hydrogens (tertiary/aromatic N) is 2. The van der Waals surface area contributed by atoms with Crippen LogP contribution in [0.15, 0.2) is 70.6 Å². The number of thioether (sulfide) groups is 1. The molecule has 1 saturated heterocycles. The number of hydrogen-bond acceptors (Lipinski definition) is 5. The Morgan fingerprint density at radius 1 is 0.964 bits per heavy atom. The highest BCUT2D eigenvalue weighted by molar-refractivity contribution is 7.99. The zero-order chi connectivity index (χ0) is 19.6. The van der Waals surface area contributed by atoms with E-state index in [0.717, 1.165) is 28.8 Å². The predicted molar refractivity (Wildman–Crippen MR) is 111 cm³/mol. The molecule has 0 unspecified atom stereocenters. The van der Waals surface area contributed by atoms with E-state index in [9.17, 15) is 13.2 Å². The second-order valence-corrected chi connectivity index (χ2v) is 9.62. The van der Waals surface area contributed by atoms with Crippen LogP contribution in [0, 0.1) is 0 Å². The summed E-state index contributed by atoms with van der Waals surface area (Å²) >= 11 is 1.38. The van der Waals surface area contributed by atoms with Crippen molar-refractivity contribution in [1.82, 2.24) is 9.29 Å². The van der Waals surface area contributed by atoms with Crippen LogP contribution in [0.1, 0.15) is 23.2 Å². The van der Waals surface area contributed by atoms with Crippen LogP contribution in [-0.2, 0) is 10.0 Å². The number of para-hydroxylation sites is 1. The van der Waals surface area contributed by atoms with Gasteiger partial charge in [-0.3, -0.25) is 4.79 Å². The van der Waals surface area contributed by atoms with Gasteiger partial charge in [-0.2, -0.15) is 4.31 Å². The molecule has 1 aliphatic heterocycles. The number of aromatic nitrogens is 1. The number of hydrogen-bond donors (Lipinski definition) is 0. The molecule has 0 spiro atoms. The van der Waals surface area contributed by atoms with E-state index in [1.54, 1.807) is 12.1 Å². The van der Waals surface area contributed by atoms with Crippen LogP contribution in [0.3, 0.4) is 0 Å². The summed E-state index contributed by atoms with van der Waals surface area (Å²) in [6.07, 6.45) is 1.80. The maximum absolute atomic E-state index is 12.6. The highest BCUT2D eigenvalue weighted by Gasteiger charge is 2.27. The van der Waals surface area contributed by atoms with Crippen molar-refractivity contribution in [3.05, 3.63) is 66.2 Å². The van der Waals surface area contributed by atoms with Crippen LogP contribution in [0.4, 0.5) is 0 Å². The maximum Gasteiger partial charge on any atom is 0.243 e. The van der Waals surface area contributed by atoms with Crippen LogP contribution in [-0.4, -0.2) is 42.3 Å². The van der Waals surface area contributed by atoms with Gasteiger partial charge in [-0.1, -0.05) is 48.2 Å². The molecule has 7 heteroatoms. The van der Waals surface area contributed by atoms with Crippen molar-refractivity contribution < 1.29 is 13.2 Å². The van der Waals surface area contributed by atoms with Gasteiger partial charge in [0.1, 0.15) is 0 Å². The number of fused-ring (bicyclic) bond motifs is 1. The SMILES string of the molecule is O=C(CSc1ccc2ccccc2n1)c1ccc(S(=O)(=O)N2CCCC2)cc1. The van der Waals surface area contributed by atoms with Crippen molar-refractivity contribution in [2.24, 2.45) is 0 Å². The van der Waals surface area contributed by atoms with E-state index < -0.39 is 10.0 Å². The molecule has 1 aliphatic rings. The van der Waals surface area contributed by atoms with Crippen LogP contribution in [0.2, 0.25) is 0 Å². The third kappa shape index (κ3) is 3.97. The van der Waals surface area contributed by atoms with Crippen molar-refractivity contribution in [3.8, 4) is 0 Å². The van der Waals surface area contributed by atoms with Crippen LogP contribution >= 0.6 is 11.8 Å². The quantitative estimate of drug-likeness (QED) is 0.452. The van der Waals surface area contributed by atoms with Crippen molar-refractivity contribution in [3.63, 3.8) is 0 Å². The van der Waals surface area contributed by atoms with Gasteiger partial charge in [0.05, 0.1) is 21.2 Å². The molecule has 28 heavy (non-hydrogen) atoms. The number of carbonyl (C=O) groups excluding carboxylic acids is 1. The monoisotopic (exact) mass is 412 g/mol. The number of ketones is 1. The Hall–Kier alpha value is -2.22. The molecular formula is C21H20N2O3S2. The van der Waals surface area contributed by atoms with E-state index in [1.165, 1.54) is 28.2 Å². The Bertz CT molecular complexity index is 1110. The minimum atomic E-state index is -3.45.